The van der Waals surface area contributed by atoms with Crippen molar-refractivity contribution in [1.82, 2.24) is 9.97 Å². The highest BCUT2D eigenvalue weighted by Crippen LogP contribution is 2.42. The standard InChI is InChI=1S/C17H18BrN3/c18-14-15(10-5-1-2-6-10)20-17(21-16(14)19)13-9-11-7-3-4-8-12(11)13/h3-4,7-8,10,13H,1-2,5-6,9H2,(H2,19,20,21). The Morgan fingerprint density at radius 2 is 1.86 bits per heavy atom. The van der Waals surface area contributed by atoms with Crippen LogP contribution in [0.5, 0.6) is 0 Å². The Kier molecular flexibility index (Phi) is 3.21. The molecule has 1 fully saturated rings. The molecule has 1 heterocycles. The quantitative estimate of drug-likeness (QED) is 0.890. The van der Waals surface area contributed by atoms with Gasteiger partial charge in [-0.3, -0.25) is 0 Å². The van der Waals surface area contributed by atoms with Crippen molar-refractivity contribution >= 4 is 21.7 Å². The molecule has 2 aromatic rings. The largest absolute Gasteiger partial charge is 0.383 e. The summed E-state index contributed by atoms with van der Waals surface area (Å²) in [6.45, 7) is 0. The molecule has 1 saturated carbocycles. The molecule has 108 valence electrons. The SMILES string of the molecule is Nc1nc(C2Cc3ccccc32)nc(C2CCCC2)c1Br. The molecular weight excluding hydrogens is 326 g/mol. The fraction of sp³-hybridized carbons (Fsp3) is 0.412. The van der Waals surface area contributed by atoms with E-state index >= 15 is 0 Å². The third kappa shape index (κ3) is 2.16. The topological polar surface area (TPSA) is 51.8 Å². The lowest BCUT2D eigenvalue weighted by Gasteiger charge is -2.29. The number of aromatic nitrogens is 2. The fourth-order valence-electron chi connectivity index (χ4n) is 3.62. The van der Waals surface area contributed by atoms with Crippen LogP contribution in [-0.2, 0) is 6.42 Å². The lowest BCUT2D eigenvalue weighted by atomic mass is 9.77. The maximum atomic E-state index is 6.13. The summed E-state index contributed by atoms with van der Waals surface area (Å²) in [5.41, 5.74) is 10.0. The first-order chi connectivity index (χ1) is 10.2. The number of hydrogen-bond donors (Lipinski definition) is 1. The summed E-state index contributed by atoms with van der Waals surface area (Å²) in [4.78, 5) is 9.44. The number of halogens is 1. The molecule has 2 aliphatic carbocycles. The van der Waals surface area contributed by atoms with Crippen LogP contribution in [0.25, 0.3) is 0 Å². The average molecular weight is 344 g/mol. The minimum atomic E-state index is 0.316. The molecule has 0 aliphatic heterocycles. The van der Waals surface area contributed by atoms with Gasteiger partial charge in [-0.1, -0.05) is 37.1 Å². The van der Waals surface area contributed by atoms with E-state index in [-0.39, 0.29) is 0 Å². The molecule has 1 atom stereocenters. The van der Waals surface area contributed by atoms with Gasteiger partial charge >= 0.3 is 0 Å². The number of nitrogen functional groups attached to an aromatic ring is 1. The Morgan fingerprint density at radius 3 is 2.62 bits per heavy atom. The van der Waals surface area contributed by atoms with E-state index in [0.717, 1.165) is 22.4 Å². The average Bonchev–Trinajstić information content (AvgIpc) is 2.98. The second-order valence-electron chi connectivity index (χ2n) is 6.10. The zero-order valence-corrected chi connectivity index (χ0v) is 13.4. The van der Waals surface area contributed by atoms with Crippen molar-refractivity contribution in [3.05, 3.63) is 51.4 Å². The number of hydrogen-bond acceptors (Lipinski definition) is 3. The molecule has 2 aliphatic rings. The van der Waals surface area contributed by atoms with Gasteiger partial charge in [-0.25, -0.2) is 9.97 Å². The van der Waals surface area contributed by atoms with Crippen LogP contribution in [0.15, 0.2) is 28.7 Å². The fourth-order valence-corrected chi connectivity index (χ4v) is 4.12. The van der Waals surface area contributed by atoms with E-state index in [4.69, 9.17) is 10.7 Å². The van der Waals surface area contributed by atoms with Gasteiger partial charge in [-0.2, -0.15) is 0 Å². The maximum absolute atomic E-state index is 6.13. The molecule has 0 saturated heterocycles. The summed E-state index contributed by atoms with van der Waals surface area (Å²) in [6.07, 6.45) is 6.05. The number of nitrogens with two attached hydrogens (primary N) is 1. The summed E-state index contributed by atoms with van der Waals surface area (Å²) in [7, 11) is 0. The van der Waals surface area contributed by atoms with Gasteiger partial charge in [0.2, 0.25) is 0 Å². The number of benzene rings is 1. The first-order valence-electron chi connectivity index (χ1n) is 7.64. The van der Waals surface area contributed by atoms with Crippen LogP contribution >= 0.6 is 15.9 Å². The normalized spacial score (nSPS) is 21.1. The Morgan fingerprint density at radius 1 is 1.10 bits per heavy atom. The smallest absolute Gasteiger partial charge is 0.141 e. The molecule has 3 nitrogen and oxygen atoms in total. The summed E-state index contributed by atoms with van der Waals surface area (Å²) in [6, 6.07) is 8.55. The molecule has 4 heteroatoms. The molecule has 1 unspecified atom stereocenters. The van der Waals surface area contributed by atoms with Crippen molar-refractivity contribution in [2.75, 3.05) is 5.73 Å². The van der Waals surface area contributed by atoms with Gasteiger partial charge < -0.3 is 5.73 Å². The highest BCUT2D eigenvalue weighted by atomic mass is 79.9. The van der Waals surface area contributed by atoms with Gasteiger partial charge in [0.1, 0.15) is 11.6 Å². The van der Waals surface area contributed by atoms with E-state index in [2.05, 4.69) is 45.2 Å². The highest BCUT2D eigenvalue weighted by Gasteiger charge is 2.31. The molecule has 21 heavy (non-hydrogen) atoms. The van der Waals surface area contributed by atoms with Gasteiger partial charge in [0, 0.05) is 11.8 Å². The van der Waals surface area contributed by atoms with Gasteiger partial charge in [0.15, 0.2) is 0 Å². The first kappa shape index (κ1) is 13.3. The summed E-state index contributed by atoms with van der Waals surface area (Å²) in [5, 5.41) is 0. The number of fused-ring (bicyclic) bond motifs is 1. The van der Waals surface area contributed by atoms with E-state index in [1.165, 1.54) is 36.8 Å². The summed E-state index contributed by atoms with van der Waals surface area (Å²) >= 11 is 3.60. The minimum Gasteiger partial charge on any atom is -0.383 e. The lowest BCUT2D eigenvalue weighted by Crippen LogP contribution is -2.22. The molecule has 4 rings (SSSR count). The molecular formula is C17H18BrN3. The van der Waals surface area contributed by atoms with Crippen LogP contribution in [-0.4, -0.2) is 9.97 Å². The second-order valence-corrected chi connectivity index (χ2v) is 6.90. The highest BCUT2D eigenvalue weighted by molar-refractivity contribution is 9.10. The maximum Gasteiger partial charge on any atom is 0.141 e. The Bertz CT molecular complexity index is 692. The van der Waals surface area contributed by atoms with Crippen LogP contribution in [0, 0.1) is 0 Å². The minimum absolute atomic E-state index is 0.316. The molecule has 0 spiro atoms. The van der Waals surface area contributed by atoms with Gasteiger partial charge in [-0.15, -0.1) is 0 Å². The van der Waals surface area contributed by atoms with Crippen molar-refractivity contribution in [2.45, 2.75) is 43.9 Å². The monoisotopic (exact) mass is 343 g/mol. The van der Waals surface area contributed by atoms with Crippen molar-refractivity contribution in [2.24, 2.45) is 0 Å². The van der Waals surface area contributed by atoms with Gasteiger partial charge in [0.05, 0.1) is 10.2 Å². The van der Waals surface area contributed by atoms with Crippen LogP contribution in [0.3, 0.4) is 0 Å². The molecule has 0 radical (unpaired) electrons. The Labute approximate surface area is 133 Å². The van der Waals surface area contributed by atoms with E-state index < -0.39 is 0 Å². The number of anilines is 1. The van der Waals surface area contributed by atoms with E-state index in [9.17, 15) is 0 Å². The Balaban J connectivity index is 1.74. The third-order valence-corrected chi connectivity index (χ3v) is 5.64. The summed E-state index contributed by atoms with van der Waals surface area (Å²) in [5.74, 6) is 2.35. The molecule has 1 aromatic heterocycles. The van der Waals surface area contributed by atoms with E-state index in [1.54, 1.807) is 0 Å². The Hall–Kier alpha value is -1.42. The predicted molar refractivity (Wildman–Crippen MR) is 87.3 cm³/mol. The van der Waals surface area contributed by atoms with Crippen LogP contribution in [0.2, 0.25) is 0 Å². The third-order valence-electron chi connectivity index (χ3n) is 4.83. The molecule has 0 amide bonds. The van der Waals surface area contributed by atoms with Crippen LogP contribution < -0.4 is 5.73 Å². The van der Waals surface area contributed by atoms with E-state index in [1.807, 2.05) is 0 Å². The molecule has 2 N–H and O–H groups in total. The van der Waals surface area contributed by atoms with Crippen LogP contribution in [0.4, 0.5) is 5.82 Å². The summed E-state index contributed by atoms with van der Waals surface area (Å²) < 4.78 is 0.908. The molecule has 0 bridgehead atoms. The van der Waals surface area contributed by atoms with Crippen molar-refractivity contribution in [3.8, 4) is 0 Å². The second kappa shape index (κ2) is 5.09. The van der Waals surface area contributed by atoms with E-state index in [0.29, 0.717) is 17.7 Å². The van der Waals surface area contributed by atoms with Gasteiger partial charge in [-0.05, 0) is 46.3 Å². The van der Waals surface area contributed by atoms with Crippen molar-refractivity contribution in [3.63, 3.8) is 0 Å². The predicted octanol–water partition coefficient (Wildman–Crippen LogP) is 4.17. The van der Waals surface area contributed by atoms with Gasteiger partial charge in [0.25, 0.3) is 0 Å². The molecule has 1 aromatic carbocycles. The van der Waals surface area contributed by atoms with Crippen LogP contribution in [0.1, 0.15) is 60.2 Å². The zero-order chi connectivity index (χ0) is 14.4. The van der Waals surface area contributed by atoms with Crippen molar-refractivity contribution < 1.29 is 0 Å². The first-order valence-corrected chi connectivity index (χ1v) is 8.44. The number of nitrogens with zero attached hydrogens (tertiary/aromatic N) is 2. The lowest BCUT2D eigenvalue weighted by molar-refractivity contribution is 0.629. The van der Waals surface area contributed by atoms with Crippen molar-refractivity contribution in [1.29, 1.82) is 0 Å². The zero-order valence-electron chi connectivity index (χ0n) is 11.8. The number of rotatable bonds is 2.